The van der Waals surface area contributed by atoms with E-state index in [9.17, 15) is 8.78 Å². The molecule has 0 unspecified atom stereocenters. The zero-order valence-corrected chi connectivity index (χ0v) is 15.0. The fourth-order valence-electron chi connectivity index (χ4n) is 2.90. The molecule has 3 aromatic rings. The van der Waals surface area contributed by atoms with Gasteiger partial charge in [0.1, 0.15) is 11.6 Å². The number of benzene rings is 2. The van der Waals surface area contributed by atoms with Crippen LogP contribution in [0.3, 0.4) is 0 Å². The number of hydrogen-bond donors (Lipinski definition) is 0. The molecule has 0 saturated heterocycles. The van der Waals surface area contributed by atoms with Crippen molar-refractivity contribution in [3.8, 4) is 11.4 Å². The van der Waals surface area contributed by atoms with E-state index in [4.69, 9.17) is 4.74 Å². The first-order valence-electron chi connectivity index (χ1n) is 8.41. The van der Waals surface area contributed by atoms with Gasteiger partial charge in [0.25, 0.3) is 0 Å². The van der Waals surface area contributed by atoms with Crippen LogP contribution < -0.4 is 4.74 Å². The third kappa shape index (κ3) is 3.67. The van der Waals surface area contributed by atoms with Gasteiger partial charge in [-0.25, -0.2) is 8.78 Å². The predicted molar refractivity (Wildman–Crippen MR) is 100 cm³/mol. The first kappa shape index (κ1) is 17.9. The highest BCUT2D eigenvalue weighted by Crippen LogP contribution is 2.23. The molecule has 0 radical (unpaired) electrons. The van der Waals surface area contributed by atoms with E-state index in [2.05, 4.69) is 9.56 Å². The van der Waals surface area contributed by atoms with Gasteiger partial charge in [-0.05, 0) is 63.2 Å². The molecule has 0 saturated carbocycles. The van der Waals surface area contributed by atoms with Crippen LogP contribution in [0.2, 0.25) is 0 Å². The van der Waals surface area contributed by atoms with Crippen LogP contribution in [0.25, 0.3) is 5.69 Å². The summed E-state index contributed by atoms with van der Waals surface area (Å²) in [6.07, 6.45) is 1.60. The highest BCUT2D eigenvalue weighted by molar-refractivity contribution is 5.84. The fourth-order valence-corrected chi connectivity index (χ4v) is 2.90. The monoisotopic (exact) mass is 354 g/mol. The van der Waals surface area contributed by atoms with Crippen LogP contribution in [-0.2, 0) is 0 Å². The molecule has 0 amide bonds. The van der Waals surface area contributed by atoms with Gasteiger partial charge in [0.2, 0.25) is 0 Å². The number of aryl methyl sites for hydroxylation is 1. The Labute approximate surface area is 151 Å². The summed E-state index contributed by atoms with van der Waals surface area (Å²) in [4.78, 5) is 4.16. The SMILES string of the molecule is CCOc1ccc(-n2c(C)cc(C=Nc3ccc(F)cc3F)c2C)cc1. The van der Waals surface area contributed by atoms with Crippen molar-refractivity contribution in [3.05, 3.63) is 77.1 Å². The van der Waals surface area contributed by atoms with Gasteiger partial charge in [-0.1, -0.05) is 0 Å². The lowest BCUT2D eigenvalue weighted by molar-refractivity contribution is 0.340. The van der Waals surface area contributed by atoms with E-state index in [1.54, 1.807) is 6.21 Å². The molecule has 134 valence electrons. The Kier molecular flexibility index (Phi) is 5.16. The summed E-state index contributed by atoms with van der Waals surface area (Å²) in [5.41, 5.74) is 4.01. The second-order valence-electron chi connectivity index (χ2n) is 5.94. The summed E-state index contributed by atoms with van der Waals surface area (Å²) in [5.74, 6) is -0.469. The average molecular weight is 354 g/mol. The number of aromatic nitrogens is 1. The molecule has 0 aliphatic carbocycles. The van der Waals surface area contributed by atoms with Crippen molar-refractivity contribution >= 4 is 11.9 Å². The Morgan fingerprint density at radius 1 is 1.04 bits per heavy atom. The largest absolute Gasteiger partial charge is 0.494 e. The van der Waals surface area contributed by atoms with E-state index in [0.29, 0.717) is 6.61 Å². The summed E-state index contributed by atoms with van der Waals surface area (Å²) < 4.78 is 34.3. The average Bonchev–Trinajstić information content (AvgIpc) is 2.89. The highest BCUT2D eigenvalue weighted by Gasteiger charge is 2.10. The van der Waals surface area contributed by atoms with E-state index in [1.807, 2.05) is 51.1 Å². The molecule has 0 fully saturated rings. The maximum atomic E-state index is 13.7. The standard InChI is InChI=1S/C21H20F2N2O/c1-4-26-19-8-6-18(7-9-19)25-14(2)11-16(15(25)3)13-24-21-10-5-17(22)12-20(21)23/h5-13H,4H2,1-3H3. The summed E-state index contributed by atoms with van der Waals surface area (Å²) in [7, 11) is 0. The second-order valence-corrected chi connectivity index (χ2v) is 5.94. The third-order valence-electron chi connectivity index (χ3n) is 4.13. The minimum absolute atomic E-state index is 0.109. The number of ether oxygens (including phenoxy) is 1. The second kappa shape index (κ2) is 7.52. The molecule has 2 aromatic carbocycles. The molecular weight excluding hydrogens is 334 g/mol. The van der Waals surface area contributed by atoms with Gasteiger partial charge in [0.05, 0.1) is 12.3 Å². The van der Waals surface area contributed by atoms with Gasteiger partial charge in [-0.2, -0.15) is 0 Å². The molecule has 0 bridgehead atoms. The fraction of sp³-hybridized carbons (Fsp3) is 0.190. The van der Waals surface area contributed by atoms with Crippen LogP contribution in [-0.4, -0.2) is 17.4 Å². The van der Waals surface area contributed by atoms with E-state index in [1.165, 1.54) is 12.1 Å². The van der Waals surface area contributed by atoms with Crippen molar-refractivity contribution in [1.29, 1.82) is 0 Å². The predicted octanol–water partition coefficient (Wildman–Crippen LogP) is 5.52. The van der Waals surface area contributed by atoms with Crippen LogP contribution in [0.15, 0.2) is 53.5 Å². The van der Waals surface area contributed by atoms with E-state index in [0.717, 1.165) is 34.5 Å². The molecule has 26 heavy (non-hydrogen) atoms. The molecule has 0 spiro atoms. The lowest BCUT2D eigenvalue weighted by Crippen LogP contribution is -2.00. The quantitative estimate of drug-likeness (QED) is 0.554. The molecule has 1 aromatic heterocycles. The van der Waals surface area contributed by atoms with Crippen molar-refractivity contribution in [3.63, 3.8) is 0 Å². The third-order valence-corrected chi connectivity index (χ3v) is 4.13. The number of aliphatic imine (C=N–C) groups is 1. The smallest absolute Gasteiger partial charge is 0.151 e. The molecule has 0 atom stereocenters. The molecule has 0 aliphatic heterocycles. The van der Waals surface area contributed by atoms with Crippen LogP contribution in [0.5, 0.6) is 5.75 Å². The van der Waals surface area contributed by atoms with Gasteiger partial charge in [0.15, 0.2) is 5.82 Å². The van der Waals surface area contributed by atoms with Gasteiger partial charge >= 0.3 is 0 Å². The number of halogens is 2. The number of nitrogens with zero attached hydrogens (tertiary/aromatic N) is 2. The van der Waals surface area contributed by atoms with Gasteiger partial charge < -0.3 is 9.30 Å². The number of rotatable bonds is 5. The molecule has 5 heteroatoms. The van der Waals surface area contributed by atoms with Gasteiger partial charge in [-0.15, -0.1) is 0 Å². The van der Waals surface area contributed by atoms with E-state index in [-0.39, 0.29) is 5.69 Å². The molecule has 0 aliphatic rings. The summed E-state index contributed by atoms with van der Waals surface area (Å²) in [5, 5.41) is 0. The lowest BCUT2D eigenvalue weighted by atomic mass is 10.2. The highest BCUT2D eigenvalue weighted by atomic mass is 19.1. The minimum atomic E-state index is -0.679. The summed E-state index contributed by atoms with van der Waals surface area (Å²) >= 11 is 0. The van der Waals surface area contributed by atoms with Crippen LogP contribution >= 0.6 is 0 Å². The molecule has 1 heterocycles. The Morgan fingerprint density at radius 3 is 2.42 bits per heavy atom. The zero-order chi connectivity index (χ0) is 18.7. The van der Waals surface area contributed by atoms with Crippen LogP contribution in [0, 0.1) is 25.5 Å². The Morgan fingerprint density at radius 2 is 1.77 bits per heavy atom. The van der Waals surface area contributed by atoms with E-state index < -0.39 is 11.6 Å². The Hall–Kier alpha value is -2.95. The lowest BCUT2D eigenvalue weighted by Gasteiger charge is -2.11. The Bertz CT molecular complexity index is 943. The topological polar surface area (TPSA) is 26.5 Å². The van der Waals surface area contributed by atoms with Crippen molar-refractivity contribution in [1.82, 2.24) is 4.57 Å². The van der Waals surface area contributed by atoms with Crippen molar-refractivity contribution in [2.75, 3.05) is 6.61 Å². The summed E-state index contributed by atoms with van der Waals surface area (Å²) in [6, 6.07) is 13.2. The zero-order valence-electron chi connectivity index (χ0n) is 15.0. The van der Waals surface area contributed by atoms with Crippen LogP contribution in [0.1, 0.15) is 23.9 Å². The molecule has 3 rings (SSSR count). The van der Waals surface area contributed by atoms with Crippen molar-refractivity contribution in [2.45, 2.75) is 20.8 Å². The molecule has 3 nitrogen and oxygen atoms in total. The van der Waals surface area contributed by atoms with Crippen molar-refractivity contribution < 1.29 is 13.5 Å². The van der Waals surface area contributed by atoms with Gasteiger partial charge in [-0.3, -0.25) is 4.99 Å². The Balaban J connectivity index is 1.91. The first-order valence-corrected chi connectivity index (χ1v) is 8.41. The van der Waals surface area contributed by atoms with Crippen molar-refractivity contribution in [2.24, 2.45) is 4.99 Å². The summed E-state index contributed by atoms with van der Waals surface area (Å²) in [6.45, 7) is 6.55. The minimum Gasteiger partial charge on any atom is -0.494 e. The first-order chi connectivity index (χ1) is 12.5. The maximum absolute atomic E-state index is 13.7. The van der Waals surface area contributed by atoms with E-state index >= 15 is 0 Å². The molecular formula is C21H20F2N2O. The molecule has 0 N–H and O–H groups in total. The van der Waals surface area contributed by atoms with Crippen LogP contribution in [0.4, 0.5) is 14.5 Å². The van der Waals surface area contributed by atoms with Gasteiger partial charge in [0, 0.05) is 34.9 Å². The normalized spacial score (nSPS) is 11.3. The maximum Gasteiger partial charge on any atom is 0.151 e. The number of hydrogen-bond acceptors (Lipinski definition) is 2.